The molecule has 218 valence electrons. The lowest BCUT2D eigenvalue weighted by Gasteiger charge is -2.28. The normalized spacial score (nSPS) is 14.2. The monoisotopic (exact) mass is 584 g/mol. The summed E-state index contributed by atoms with van der Waals surface area (Å²) in [6, 6.07) is 23.0. The van der Waals surface area contributed by atoms with E-state index in [0.29, 0.717) is 40.5 Å². The number of carbonyl (C=O) groups excluding carboxylic acids is 1. The van der Waals surface area contributed by atoms with Crippen molar-refractivity contribution in [3.63, 3.8) is 0 Å². The maximum absolute atomic E-state index is 13.7. The number of fused-ring (bicyclic) bond motifs is 1. The maximum Gasteiger partial charge on any atom is 0.338 e. The van der Waals surface area contributed by atoms with Gasteiger partial charge in [-0.1, -0.05) is 91.3 Å². The first kappa shape index (κ1) is 29.3. The highest BCUT2D eigenvalue weighted by molar-refractivity contribution is 7.99. The number of nitrogens with zero attached hydrogens (tertiary/aromatic N) is 3. The molecule has 4 aromatic rings. The van der Waals surface area contributed by atoms with Crippen LogP contribution in [-0.4, -0.2) is 33.6 Å². The summed E-state index contributed by atoms with van der Waals surface area (Å²) in [6.45, 7) is 6.66. The van der Waals surface area contributed by atoms with Crippen LogP contribution in [0.3, 0.4) is 0 Å². The lowest BCUT2D eigenvalue weighted by Crippen LogP contribution is -2.29. The molecule has 8 nitrogen and oxygen atoms in total. The maximum atomic E-state index is 13.7. The summed E-state index contributed by atoms with van der Waals surface area (Å²) in [5, 5.41) is 8.76. The number of benzene rings is 3. The third-order valence-electron chi connectivity index (χ3n) is 6.98. The molecule has 1 aliphatic rings. The average Bonchev–Trinajstić information content (AvgIpc) is 3.41. The number of unbranched alkanes of at least 4 members (excludes halogenated alkanes) is 1. The lowest BCUT2D eigenvalue weighted by atomic mass is 9.95. The van der Waals surface area contributed by atoms with Gasteiger partial charge in [-0.15, -0.1) is 5.10 Å². The van der Waals surface area contributed by atoms with Crippen molar-refractivity contribution in [1.82, 2.24) is 14.8 Å². The van der Waals surface area contributed by atoms with Crippen LogP contribution in [0.2, 0.25) is 0 Å². The highest BCUT2D eigenvalue weighted by atomic mass is 32.2. The Morgan fingerprint density at radius 3 is 2.55 bits per heavy atom. The summed E-state index contributed by atoms with van der Waals surface area (Å²) in [6.07, 6.45) is 2.17. The Morgan fingerprint density at radius 2 is 1.79 bits per heavy atom. The third kappa shape index (κ3) is 6.79. The van der Waals surface area contributed by atoms with Gasteiger partial charge in [0.25, 0.3) is 0 Å². The van der Waals surface area contributed by atoms with E-state index in [9.17, 15) is 4.79 Å². The molecular formula is C33H36N4O4S. The first-order valence-corrected chi connectivity index (χ1v) is 15.1. The summed E-state index contributed by atoms with van der Waals surface area (Å²) in [5.74, 6) is 2.25. The minimum absolute atomic E-state index is 0.167. The standard InChI is InChI=1S/C33H36N4O4S/c1-5-6-17-42-33-35-32-34-23(3)29(31(38)41-20-24-12-8-7-9-13-24)30(37(32)36-33)26-15-16-27(28(19-26)39-4)40-21-25-14-10-11-22(2)18-25/h7-16,18-19,30H,5-6,17,20-21H2,1-4H3,(H,34,35,36). The average molecular weight is 585 g/mol. The van der Waals surface area contributed by atoms with Crippen LogP contribution in [0.4, 0.5) is 5.95 Å². The molecule has 0 spiro atoms. The fourth-order valence-electron chi connectivity index (χ4n) is 4.81. The summed E-state index contributed by atoms with van der Waals surface area (Å²) < 4.78 is 19.5. The number of thioether (sulfide) groups is 1. The number of rotatable bonds is 12. The Hall–Kier alpha value is -4.24. The number of hydrogen-bond donors (Lipinski definition) is 1. The summed E-state index contributed by atoms with van der Waals surface area (Å²) in [4.78, 5) is 18.4. The molecule has 0 saturated heterocycles. The van der Waals surface area contributed by atoms with Gasteiger partial charge in [-0.25, -0.2) is 9.48 Å². The quantitative estimate of drug-likeness (QED) is 0.107. The zero-order valence-corrected chi connectivity index (χ0v) is 25.2. The van der Waals surface area contributed by atoms with Crippen molar-refractivity contribution >= 4 is 23.7 Å². The Morgan fingerprint density at radius 1 is 0.976 bits per heavy atom. The molecule has 1 atom stereocenters. The third-order valence-corrected chi connectivity index (χ3v) is 7.90. The number of carbonyl (C=O) groups is 1. The number of ether oxygens (including phenoxy) is 3. The summed E-state index contributed by atoms with van der Waals surface area (Å²) in [7, 11) is 1.61. The summed E-state index contributed by atoms with van der Waals surface area (Å²) in [5.41, 5.74) is 5.09. The molecule has 0 fully saturated rings. The van der Waals surface area contributed by atoms with Gasteiger partial charge in [-0.3, -0.25) is 0 Å². The van der Waals surface area contributed by atoms with Gasteiger partial charge in [-0.2, -0.15) is 4.98 Å². The Balaban J connectivity index is 1.47. The van der Waals surface area contributed by atoms with E-state index in [1.54, 1.807) is 23.6 Å². The van der Waals surface area contributed by atoms with Gasteiger partial charge in [0.15, 0.2) is 11.5 Å². The van der Waals surface area contributed by atoms with Crippen molar-refractivity contribution < 1.29 is 19.0 Å². The van der Waals surface area contributed by atoms with E-state index < -0.39 is 12.0 Å². The number of methoxy groups -OCH3 is 1. The Labute approximate surface area is 251 Å². The van der Waals surface area contributed by atoms with E-state index in [-0.39, 0.29) is 6.61 Å². The SMILES string of the molecule is CCCCSc1nc2n(n1)C(c1ccc(OCc3cccc(C)c3)c(OC)c1)C(C(=O)OCc1ccccc1)=C(C)N2. The highest BCUT2D eigenvalue weighted by Gasteiger charge is 2.36. The van der Waals surface area contributed by atoms with Crippen molar-refractivity contribution in [2.45, 2.75) is 58.0 Å². The van der Waals surface area contributed by atoms with Crippen molar-refractivity contribution in [2.75, 3.05) is 18.2 Å². The molecule has 0 radical (unpaired) electrons. The van der Waals surface area contributed by atoms with E-state index >= 15 is 0 Å². The van der Waals surface area contributed by atoms with Gasteiger partial charge in [0.05, 0.1) is 12.7 Å². The molecule has 42 heavy (non-hydrogen) atoms. The first-order valence-electron chi connectivity index (χ1n) is 14.1. The number of nitrogens with one attached hydrogen (secondary N) is 1. The highest BCUT2D eigenvalue weighted by Crippen LogP contribution is 2.40. The number of allylic oxidation sites excluding steroid dienone is 1. The fourth-order valence-corrected chi connectivity index (χ4v) is 5.72. The fraction of sp³-hybridized carbons (Fsp3) is 0.303. The van der Waals surface area contributed by atoms with Crippen LogP contribution in [0.1, 0.15) is 55.0 Å². The number of hydrogen-bond acceptors (Lipinski definition) is 8. The van der Waals surface area contributed by atoms with Crippen LogP contribution in [0.15, 0.2) is 89.2 Å². The van der Waals surface area contributed by atoms with E-state index in [4.69, 9.17) is 24.3 Å². The zero-order valence-electron chi connectivity index (χ0n) is 24.4. The van der Waals surface area contributed by atoms with Crippen LogP contribution in [0.25, 0.3) is 0 Å². The predicted octanol–water partition coefficient (Wildman–Crippen LogP) is 7.10. The predicted molar refractivity (Wildman–Crippen MR) is 165 cm³/mol. The molecule has 3 aromatic carbocycles. The van der Waals surface area contributed by atoms with E-state index in [1.165, 1.54) is 5.56 Å². The molecule has 0 amide bonds. The lowest BCUT2D eigenvalue weighted by molar-refractivity contribution is -0.140. The number of anilines is 1. The van der Waals surface area contributed by atoms with Crippen LogP contribution in [0.5, 0.6) is 11.5 Å². The number of aryl methyl sites for hydroxylation is 1. The van der Waals surface area contributed by atoms with E-state index in [2.05, 4.69) is 31.3 Å². The molecule has 2 heterocycles. The second-order valence-corrected chi connectivity index (χ2v) is 11.2. The molecule has 1 aliphatic heterocycles. The smallest absolute Gasteiger partial charge is 0.338 e. The van der Waals surface area contributed by atoms with Gasteiger partial charge in [0, 0.05) is 11.4 Å². The van der Waals surface area contributed by atoms with E-state index in [0.717, 1.165) is 35.3 Å². The number of aromatic nitrogens is 3. The van der Waals surface area contributed by atoms with Crippen molar-refractivity contribution in [3.05, 3.63) is 106 Å². The van der Waals surface area contributed by atoms with Crippen LogP contribution < -0.4 is 14.8 Å². The second-order valence-electron chi connectivity index (χ2n) is 10.2. The molecular weight excluding hydrogens is 548 g/mol. The Kier molecular flexibility index (Phi) is 9.48. The number of esters is 1. The van der Waals surface area contributed by atoms with Crippen LogP contribution >= 0.6 is 11.8 Å². The van der Waals surface area contributed by atoms with Crippen LogP contribution in [-0.2, 0) is 22.7 Å². The summed E-state index contributed by atoms with van der Waals surface area (Å²) >= 11 is 1.61. The van der Waals surface area contributed by atoms with Gasteiger partial charge in [0.2, 0.25) is 11.1 Å². The molecule has 1 N–H and O–H groups in total. The second kappa shape index (κ2) is 13.6. The molecule has 1 aromatic heterocycles. The van der Waals surface area contributed by atoms with Gasteiger partial charge >= 0.3 is 5.97 Å². The van der Waals surface area contributed by atoms with Crippen molar-refractivity contribution in [1.29, 1.82) is 0 Å². The topological polar surface area (TPSA) is 87.5 Å². The molecule has 9 heteroatoms. The zero-order chi connectivity index (χ0) is 29.5. The van der Waals surface area contributed by atoms with Gasteiger partial charge in [0.1, 0.15) is 19.3 Å². The molecule has 1 unspecified atom stereocenters. The van der Waals surface area contributed by atoms with Crippen molar-refractivity contribution in [2.24, 2.45) is 0 Å². The Bertz CT molecular complexity index is 1570. The molecule has 0 saturated carbocycles. The van der Waals surface area contributed by atoms with Gasteiger partial charge < -0.3 is 19.5 Å². The molecule has 0 bridgehead atoms. The van der Waals surface area contributed by atoms with Crippen LogP contribution in [0, 0.1) is 6.92 Å². The van der Waals surface area contributed by atoms with Gasteiger partial charge in [-0.05, 0) is 49.1 Å². The molecule has 0 aliphatic carbocycles. The minimum Gasteiger partial charge on any atom is -0.493 e. The molecule has 5 rings (SSSR count). The van der Waals surface area contributed by atoms with Crippen molar-refractivity contribution in [3.8, 4) is 11.5 Å². The van der Waals surface area contributed by atoms with E-state index in [1.807, 2.05) is 67.6 Å². The minimum atomic E-state index is -0.572. The largest absolute Gasteiger partial charge is 0.493 e. The first-order chi connectivity index (χ1) is 20.5.